The second-order valence-electron chi connectivity index (χ2n) is 1.56. The Balaban J connectivity index is 0. The van der Waals surface area contributed by atoms with E-state index >= 15 is 0 Å². The molecule has 0 amide bonds. The maximum absolute atomic E-state index is 9.92. The molecule has 0 heterocycles. The summed E-state index contributed by atoms with van der Waals surface area (Å²) in [7, 11) is -4.22. The van der Waals surface area contributed by atoms with Crippen LogP contribution >= 0.6 is 0 Å². The molecule has 0 aliphatic carbocycles. The second-order valence-corrected chi connectivity index (χ2v) is 2.78. The SMILES string of the molecule is C=CC(C)=CS(=O)(=O)[O-].[K+]. The van der Waals surface area contributed by atoms with Gasteiger partial charge in [0.05, 0.1) is 0 Å². The average Bonchev–Trinajstić information content (AvgIpc) is 1.62. The van der Waals surface area contributed by atoms with Gasteiger partial charge in [-0.1, -0.05) is 12.7 Å². The smallest absolute Gasteiger partial charge is 0.744 e. The molecule has 0 aromatic carbocycles. The summed E-state index contributed by atoms with van der Waals surface area (Å²) in [6.45, 7) is 4.76. The monoisotopic (exact) mass is 186 g/mol. The van der Waals surface area contributed by atoms with Crippen molar-refractivity contribution in [3.05, 3.63) is 23.6 Å². The third kappa shape index (κ3) is 9.03. The summed E-state index contributed by atoms with van der Waals surface area (Å²) in [5, 5.41) is 0.625. The van der Waals surface area contributed by atoms with Gasteiger partial charge in [-0.05, 0) is 12.5 Å². The van der Waals surface area contributed by atoms with E-state index in [4.69, 9.17) is 0 Å². The number of rotatable bonds is 2. The third-order valence-electron chi connectivity index (χ3n) is 0.652. The maximum atomic E-state index is 9.92. The molecule has 0 atom stereocenters. The molecule has 0 aliphatic rings. The summed E-state index contributed by atoms with van der Waals surface area (Å²) in [6.07, 6.45) is 1.30. The molecule has 0 saturated carbocycles. The van der Waals surface area contributed by atoms with E-state index in [0.717, 1.165) is 0 Å². The molecule has 52 valence electrons. The zero-order chi connectivity index (χ0) is 7.49. The molecule has 5 heteroatoms. The van der Waals surface area contributed by atoms with Crippen LogP contribution in [0, 0.1) is 0 Å². The maximum Gasteiger partial charge on any atom is 1.00 e. The van der Waals surface area contributed by atoms with Gasteiger partial charge in [0.2, 0.25) is 0 Å². The van der Waals surface area contributed by atoms with Gasteiger partial charge in [0.1, 0.15) is 10.1 Å². The minimum absolute atomic E-state index is 0. The van der Waals surface area contributed by atoms with Gasteiger partial charge in [-0.25, -0.2) is 8.42 Å². The van der Waals surface area contributed by atoms with Crippen LogP contribution < -0.4 is 51.4 Å². The van der Waals surface area contributed by atoms with E-state index in [1.807, 2.05) is 0 Å². The van der Waals surface area contributed by atoms with Crippen molar-refractivity contribution < 1.29 is 64.4 Å². The first-order valence-electron chi connectivity index (χ1n) is 2.22. The van der Waals surface area contributed by atoms with E-state index < -0.39 is 10.1 Å². The summed E-state index contributed by atoms with van der Waals surface area (Å²) >= 11 is 0. The quantitative estimate of drug-likeness (QED) is 0.275. The molecular weight excluding hydrogens is 179 g/mol. The number of hydrogen-bond donors (Lipinski definition) is 0. The van der Waals surface area contributed by atoms with Gasteiger partial charge in [0.15, 0.2) is 0 Å². The molecule has 0 radical (unpaired) electrons. The predicted molar refractivity (Wildman–Crippen MR) is 33.7 cm³/mol. The van der Waals surface area contributed by atoms with Crippen LogP contribution in [0.5, 0.6) is 0 Å². The van der Waals surface area contributed by atoms with E-state index in [0.29, 0.717) is 11.0 Å². The molecule has 0 unspecified atom stereocenters. The molecule has 0 fully saturated rings. The summed E-state index contributed by atoms with van der Waals surface area (Å²) in [6, 6.07) is 0. The van der Waals surface area contributed by atoms with Crippen molar-refractivity contribution in [2.75, 3.05) is 0 Å². The van der Waals surface area contributed by atoms with Crippen LogP contribution in [0.4, 0.5) is 0 Å². The molecule has 0 spiro atoms. The van der Waals surface area contributed by atoms with E-state index in [9.17, 15) is 13.0 Å². The fourth-order valence-electron chi connectivity index (χ4n) is 0.276. The molecule has 0 aromatic rings. The van der Waals surface area contributed by atoms with E-state index in [2.05, 4.69) is 6.58 Å². The molecule has 0 rings (SSSR count). The molecule has 10 heavy (non-hydrogen) atoms. The largest absolute Gasteiger partial charge is 1.00 e. The van der Waals surface area contributed by atoms with Crippen molar-refractivity contribution >= 4 is 10.1 Å². The standard InChI is InChI=1S/C5H8O3S.K/c1-3-5(2)4-9(6,7)8;/h3-4H,1H2,2H3,(H,6,7,8);/q;+1/p-1. The molecular formula is C5H7KO3S. The Morgan fingerprint density at radius 1 is 1.60 bits per heavy atom. The molecule has 0 saturated heterocycles. The Morgan fingerprint density at radius 3 is 2.10 bits per heavy atom. The molecule has 0 N–H and O–H groups in total. The number of allylic oxidation sites excluding steroid dienone is 2. The van der Waals surface area contributed by atoms with Gasteiger partial charge in [0, 0.05) is 5.41 Å². The number of hydrogen-bond acceptors (Lipinski definition) is 3. The Hall–Kier alpha value is 1.03. The van der Waals surface area contributed by atoms with Gasteiger partial charge in [-0.3, -0.25) is 0 Å². The van der Waals surface area contributed by atoms with Gasteiger partial charge in [-0.2, -0.15) is 0 Å². The van der Waals surface area contributed by atoms with Crippen LogP contribution in [-0.4, -0.2) is 13.0 Å². The molecule has 0 aromatic heterocycles. The van der Waals surface area contributed by atoms with Crippen molar-refractivity contribution in [3.63, 3.8) is 0 Å². The van der Waals surface area contributed by atoms with Crippen molar-refractivity contribution in [3.8, 4) is 0 Å². The zero-order valence-electron chi connectivity index (χ0n) is 5.99. The minimum Gasteiger partial charge on any atom is -0.744 e. The Labute approximate surface area is 103 Å². The Morgan fingerprint density at radius 2 is 2.00 bits per heavy atom. The Kier molecular flexibility index (Phi) is 7.68. The van der Waals surface area contributed by atoms with Crippen LogP contribution in [-0.2, 0) is 10.1 Å². The van der Waals surface area contributed by atoms with Crippen LogP contribution in [0.2, 0.25) is 0 Å². The summed E-state index contributed by atoms with van der Waals surface area (Å²) in [5.41, 5.74) is 0.352. The molecule has 0 bridgehead atoms. The summed E-state index contributed by atoms with van der Waals surface area (Å²) in [4.78, 5) is 0. The van der Waals surface area contributed by atoms with Crippen LogP contribution in [0.25, 0.3) is 0 Å². The van der Waals surface area contributed by atoms with Gasteiger partial charge in [0.25, 0.3) is 0 Å². The minimum atomic E-state index is -4.22. The topological polar surface area (TPSA) is 57.2 Å². The fourth-order valence-corrected chi connectivity index (χ4v) is 0.827. The van der Waals surface area contributed by atoms with Crippen molar-refractivity contribution in [2.45, 2.75) is 6.92 Å². The third-order valence-corrected chi connectivity index (χ3v) is 1.31. The first kappa shape index (κ1) is 13.6. The average molecular weight is 186 g/mol. The van der Waals surface area contributed by atoms with Crippen LogP contribution in [0.3, 0.4) is 0 Å². The van der Waals surface area contributed by atoms with Crippen LogP contribution in [0.1, 0.15) is 6.92 Å². The summed E-state index contributed by atoms with van der Waals surface area (Å²) in [5.74, 6) is 0. The predicted octanol–water partition coefficient (Wildman–Crippen LogP) is -2.37. The van der Waals surface area contributed by atoms with Crippen molar-refractivity contribution in [2.24, 2.45) is 0 Å². The second kappa shape index (κ2) is 5.65. The Bertz CT molecular complexity index is 227. The van der Waals surface area contributed by atoms with E-state index in [1.165, 1.54) is 13.0 Å². The first-order chi connectivity index (χ1) is 3.95. The van der Waals surface area contributed by atoms with Crippen molar-refractivity contribution in [1.82, 2.24) is 0 Å². The van der Waals surface area contributed by atoms with E-state index in [-0.39, 0.29) is 51.4 Å². The fraction of sp³-hybridized carbons (Fsp3) is 0.200. The molecule has 0 aliphatic heterocycles. The zero-order valence-corrected chi connectivity index (χ0v) is 9.93. The van der Waals surface area contributed by atoms with Crippen LogP contribution in [0.15, 0.2) is 23.6 Å². The van der Waals surface area contributed by atoms with Gasteiger partial charge in [-0.15, -0.1) is 0 Å². The normalized spacial score (nSPS) is 12.0. The molecule has 3 nitrogen and oxygen atoms in total. The summed E-state index contributed by atoms with van der Waals surface area (Å²) < 4.78 is 29.8. The van der Waals surface area contributed by atoms with E-state index in [1.54, 1.807) is 0 Å². The first-order valence-corrected chi connectivity index (χ1v) is 3.69. The van der Waals surface area contributed by atoms with Crippen molar-refractivity contribution in [1.29, 1.82) is 0 Å². The van der Waals surface area contributed by atoms with Gasteiger partial charge >= 0.3 is 51.4 Å². The van der Waals surface area contributed by atoms with Gasteiger partial charge < -0.3 is 4.55 Å².